The Morgan fingerprint density at radius 2 is 1.76 bits per heavy atom. The normalized spacial score (nSPS) is 11.4. The first kappa shape index (κ1) is 19.1. The van der Waals surface area contributed by atoms with E-state index in [1.165, 1.54) is 30.9 Å². The number of nitrogens with one attached hydrogen (secondary N) is 1. The minimum Gasteiger partial charge on any atom is -0.311 e. The third-order valence-electron chi connectivity index (χ3n) is 3.79. The number of carbonyl (C=O) groups is 1. The lowest BCUT2D eigenvalue weighted by atomic mass is 10.2. The lowest BCUT2D eigenvalue weighted by Gasteiger charge is -2.21. The SMILES string of the molecule is CC(=O)N(CCNS(=O)(=O)c1ccc(F)c(C)c1)c1ccc(C)cc1. The van der Waals surface area contributed by atoms with Crippen LogP contribution >= 0.6 is 0 Å². The Morgan fingerprint density at radius 1 is 1.12 bits per heavy atom. The molecular formula is C18H21FN2O3S. The standard InChI is InChI=1S/C18H21FN2O3S/c1-13-4-6-16(7-5-13)21(15(3)22)11-10-20-25(23,24)17-8-9-18(19)14(2)12-17/h4-9,12,20H,10-11H2,1-3H3. The Bertz CT molecular complexity index is 864. The van der Waals surface area contributed by atoms with Crippen molar-refractivity contribution in [3.05, 3.63) is 59.4 Å². The van der Waals surface area contributed by atoms with Gasteiger partial charge >= 0.3 is 0 Å². The maximum Gasteiger partial charge on any atom is 0.240 e. The maximum atomic E-state index is 13.3. The average molecular weight is 364 g/mol. The Morgan fingerprint density at radius 3 is 2.32 bits per heavy atom. The molecule has 0 aliphatic heterocycles. The van der Waals surface area contributed by atoms with Crippen molar-refractivity contribution in [2.45, 2.75) is 25.7 Å². The van der Waals surface area contributed by atoms with Crippen LogP contribution in [0, 0.1) is 19.7 Å². The summed E-state index contributed by atoms with van der Waals surface area (Å²) in [6.07, 6.45) is 0. The van der Waals surface area contributed by atoms with Crippen LogP contribution in [0.25, 0.3) is 0 Å². The number of anilines is 1. The highest BCUT2D eigenvalue weighted by Gasteiger charge is 2.17. The molecular weight excluding hydrogens is 343 g/mol. The molecule has 2 aromatic carbocycles. The summed E-state index contributed by atoms with van der Waals surface area (Å²) in [5.41, 5.74) is 2.03. The molecule has 134 valence electrons. The van der Waals surface area contributed by atoms with E-state index in [0.717, 1.165) is 11.6 Å². The Hall–Kier alpha value is -2.25. The molecule has 1 amide bonds. The van der Waals surface area contributed by atoms with Crippen molar-refractivity contribution in [2.24, 2.45) is 0 Å². The molecule has 0 atom stereocenters. The first-order valence-electron chi connectivity index (χ1n) is 7.81. The van der Waals surface area contributed by atoms with E-state index in [1.807, 2.05) is 31.2 Å². The van der Waals surface area contributed by atoms with Crippen molar-refractivity contribution in [2.75, 3.05) is 18.0 Å². The van der Waals surface area contributed by atoms with Crippen molar-refractivity contribution < 1.29 is 17.6 Å². The molecule has 0 fully saturated rings. The first-order chi connectivity index (χ1) is 11.7. The van der Waals surface area contributed by atoms with Crippen LogP contribution < -0.4 is 9.62 Å². The zero-order valence-electron chi connectivity index (χ0n) is 14.4. The quantitative estimate of drug-likeness (QED) is 0.857. The van der Waals surface area contributed by atoms with Crippen molar-refractivity contribution in [1.29, 1.82) is 0 Å². The molecule has 0 bridgehead atoms. The van der Waals surface area contributed by atoms with Gasteiger partial charge in [-0.1, -0.05) is 17.7 Å². The van der Waals surface area contributed by atoms with Crippen molar-refractivity contribution >= 4 is 21.6 Å². The number of benzene rings is 2. The van der Waals surface area contributed by atoms with Crippen molar-refractivity contribution in [1.82, 2.24) is 4.72 Å². The predicted molar refractivity (Wildman–Crippen MR) is 95.5 cm³/mol. The van der Waals surface area contributed by atoms with Gasteiger partial charge in [0.1, 0.15) is 5.82 Å². The second-order valence-electron chi connectivity index (χ2n) is 5.81. The van der Waals surface area contributed by atoms with Gasteiger partial charge in [0, 0.05) is 25.7 Å². The van der Waals surface area contributed by atoms with Gasteiger partial charge in [0.2, 0.25) is 15.9 Å². The number of halogens is 1. The highest BCUT2D eigenvalue weighted by atomic mass is 32.2. The van der Waals surface area contributed by atoms with E-state index in [9.17, 15) is 17.6 Å². The molecule has 0 saturated heterocycles. The predicted octanol–water partition coefficient (Wildman–Crippen LogP) is 2.77. The minimum atomic E-state index is -3.76. The molecule has 7 heteroatoms. The van der Waals surface area contributed by atoms with Gasteiger partial charge in [0.05, 0.1) is 4.90 Å². The summed E-state index contributed by atoms with van der Waals surface area (Å²) < 4.78 is 40.3. The monoisotopic (exact) mass is 364 g/mol. The summed E-state index contributed by atoms with van der Waals surface area (Å²) in [5.74, 6) is -0.637. The van der Waals surface area contributed by atoms with Gasteiger partial charge in [-0.3, -0.25) is 4.79 Å². The molecule has 0 spiro atoms. The topological polar surface area (TPSA) is 66.5 Å². The molecule has 0 saturated carbocycles. The Balaban J connectivity index is 2.07. The van der Waals surface area contributed by atoms with Crippen molar-refractivity contribution in [3.63, 3.8) is 0 Å². The summed E-state index contributed by atoms with van der Waals surface area (Å²) in [7, 11) is -3.76. The lowest BCUT2D eigenvalue weighted by molar-refractivity contribution is -0.116. The third-order valence-corrected chi connectivity index (χ3v) is 5.25. The van der Waals surface area contributed by atoms with Gasteiger partial charge in [-0.15, -0.1) is 0 Å². The Kier molecular flexibility index (Phi) is 5.92. The molecule has 2 rings (SSSR count). The molecule has 2 aromatic rings. The fraction of sp³-hybridized carbons (Fsp3) is 0.278. The molecule has 0 aliphatic rings. The number of nitrogens with zero attached hydrogens (tertiary/aromatic N) is 1. The van der Waals surface area contributed by atoms with E-state index in [4.69, 9.17) is 0 Å². The maximum absolute atomic E-state index is 13.3. The molecule has 0 radical (unpaired) electrons. The number of amides is 1. The van der Waals surface area contributed by atoms with Crippen LogP contribution in [0.3, 0.4) is 0 Å². The van der Waals surface area contributed by atoms with Gasteiger partial charge in [0.15, 0.2) is 0 Å². The minimum absolute atomic E-state index is 0.00360. The summed E-state index contributed by atoms with van der Waals surface area (Å²) in [6, 6.07) is 11.0. The molecule has 0 unspecified atom stereocenters. The van der Waals surface area contributed by atoms with Crippen LogP contribution in [0.1, 0.15) is 18.1 Å². The van der Waals surface area contributed by atoms with Crippen LogP contribution in [0.15, 0.2) is 47.4 Å². The van der Waals surface area contributed by atoms with E-state index < -0.39 is 15.8 Å². The number of rotatable bonds is 6. The highest BCUT2D eigenvalue weighted by Crippen LogP contribution is 2.16. The van der Waals surface area contributed by atoms with E-state index in [2.05, 4.69) is 4.72 Å². The number of hydrogen-bond acceptors (Lipinski definition) is 3. The largest absolute Gasteiger partial charge is 0.311 e. The average Bonchev–Trinajstić information content (AvgIpc) is 2.55. The van der Waals surface area contributed by atoms with Gasteiger partial charge in [-0.25, -0.2) is 17.5 Å². The zero-order valence-corrected chi connectivity index (χ0v) is 15.2. The number of carbonyl (C=O) groups excluding carboxylic acids is 1. The Labute approximate surface area is 147 Å². The van der Waals surface area contributed by atoms with Crippen molar-refractivity contribution in [3.8, 4) is 0 Å². The molecule has 25 heavy (non-hydrogen) atoms. The molecule has 1 N–H and O–H groups in total. The van der Waals surface area contributed by atoms with E-state index in [-0.39, 0.29) is 29.5 Å². The molecule has 0 heterocycles. The van der Waals surface area contributed by atoms with Gasteiger partial charge in [0.25, 0.3) is 0 Å². The second kappa shape index (κ2) is 7.76. The summed E-state index contributed by atoms with van der Waals surface area (Å²) in [4.78, 5) is 13.3. The van der Waals surface area contributed by atoms with Gasteiger partial charge in [-0.05, 0) is 49.7 Å². The molecule has 5 nitrogen and oxygen atoms in total. The van der Waals surface area contributed by atoms with Crippen LogP contribution in [0.5, 0.6) is 0 Å². The van der Waals surface area contributed by atoms with E-state index in [1.54, 1.807) is 0 Å². The van der Waals surface area contributed by atoms with Gasteiger partial charge < -0.3 is 4.90 Å². The smallest absolute Gasteiger partial charge is 0.240 e. The lowest BCUT2D eigenvalue weighted by Crippen LogP contribution is -2.37. The van der Waals surface area contributed by atoms with Gasteiger partial charge in [-0.2, -0.15) is 0 Å². The number of aryl methyl sites for hydroxylation is 2. The molecule has 0 aliphatic carbocycles. The van der Waals surface area contributed by atoms with Crippen LogP contribution in [-0.2, 0) is 14.8 Å². The molecule has 0 aromatic heterocycles. The fourth-order valence-corrected chi connectivity index (χ4v) is 3.46. The summed E-state index contributed by atoms with van der Waals surface area (Å²) >= 11 is 0. The number of sulfonamides is 1. The van der Waals surface area contributed by atoms with E-state index in [0.29, 0.717) is 5.69 Å². The summed E-state index contributed by atoms with van der Waals surface area (Å²) in [5, 5.41) is 0. The van der Waals surface area contributed by atoms with E-state index >= 15 is 0 Å². The number of hydrogen-bond donors (Lipinski definition) is 1. The highest BCUT2D eigenvalue weighted by molar-refractivity contribution is 7.89. The third kappa shape index (κ3) is 4.87. The zero-order chi connectivity index (χ0) is 18.6. The van der Waals surface area contributed by atoms with Crippen LogP contribution in [-0.4, -0.2) is 27.4 Å². The summed E-state index contributed by atoms with van der Waals surface area (Å²) in [6.45, 7) is 5.12. The van der Waals surface area contributed by atoms with Crippen LogP contribution in [0.2, 0.25) is 0 Å². The van der Waals surface area contributed by atoms with Crippen LogP contribution in [0.4, 0.5) is 10.1 Å². The fourth-order valence-electron chi connectivity index (χ4n) is 2.35. The first-order valence-corrected chi connectivity index (χ1v) is 9.29. The second-order valence-corrected chi connectivity index (χ2v) is 7.58.